The van der Waals surface area contributed by atoms with E-state index in [0.29, 0.717) is 0 Å². The Hall–Kier alpha value is -0.680. The van der Waals surface area contributed by atoms with Crippen LogP contribution in [0, 0.1) is 0 Å². The standard InChI is InChI=1S/C22H32N2.2BrH/c1-23(15-13-21-9-5-3-6-10-21)17-19-24(2,20-18-23)16-14-22-11-7-4-8-12-22;;/h3-12H,13-20H2,1-2H3;2*1H/q+2;;/p-2. The Morgan fingerprint density at radius 1 is 0.577 bits per heavy atom. The molecule has 0 bridgehead atoms. The molecule has 3 rings (SSSR count). The summed E-state index contributed by atoms with van der Waals surface area (Å²) in [5.41, 5.74) is 2.95. The van der Waals surface area contributed by atoms with E-state index in [2.05, 4.69) is 74.8 Å². The summed E-state index contributed by atoms with van der Waals surface area (Å²) in [6.45, 7) is 7.75. The monoisotopic (exact) mass is 482 g/mol. The Kier molecular flexibility index (Phi) is 9.53. The van der Waals surface area contributed by atoms with Gasteiger partial charge in [-0.2, -0.15) is 0 Å². The minimum atomic E-state index is 0. The van der Waals surface area contributed by atoms with Crippen LogP contribution in [-0.2, 0) is 12.8 Å². The smallest absolute Gasteiger partial charge is 0.128 e. The second-order valence-electron chi connectivity index (χ2n) is 8.05. The summed E-state index contributed by atoms with van der Waals surface area (Å²) < 4.78 is 2.46. The molecule has 0 saturated carbocycles. The number of benzene rings is 2. The van der Waals surface area contributed by atoms with Gasteiger partial charge < -0.3 is 42.9 Å². The van der Waals surface area contributed by atoms with Gasteiger partial charge in [0.1, 0.15) is 26.2 Å². The maximum Gasteiger partial charge on any atom is 0.128 e. The van der Waals surface area contributed by atoms with Gasteiger partial charge in [0.15, 0.2) is 0 Å². The SMILES string of the molecule is C[N+]1(CCc2ccccc2)CC[N+](C)(CCc2ccccc2)CC1.[Br-].[Br-]. The highest BCUT2D eigenvalue weighted by molar-refractivity contribution is 5.15. The van der Waals surface area contributed by atoms with Gasteiger partial charge in [0, 0.05) is 12.8 Å². The maximum absolute atomic E-state index is 2.45. The molecule has 4 heteroatoms. The zero-order valence-electron chi connectivity index (χ0n) is 16.1. The zero-order valence-corrected chi connectivity index (χ0v) is 19.3. The van der Waals surface area contributed by atoms with Crippen LogP contribution in [0.15, 0.2) is 60.7 Å². The van der Waals surface area contributed by atoms with Crippen molar-refractivity contribution in [2.75, 3.05) is 53.4 Å². The molecular weight excluding hydrogens is 452 g/mol. The molecule has 0 unspecified atom stereocenters. The topological polar surface area (TPSA) is 0 Å². The summed E-state index contributed by atoms with van der Waals surface area (Å²) in [5, 5.41) is 0. The van der Waals surface area contributed by atoms with E-state index in [4.69, 9.17) is 0 Å². The molecule has 0 aliphatic carbocycles. The highest BCUT2D eigenvalue weighted by Crippen LogP contribution is 2.18. The molecule has 26 heavy (non-hydrogen) atoms. The molecule has 1 fully saturated rings. The molecule has 144 valence electrons. The third kappa shape index (κ3) is 6.80. The number of quaternary nitrogens is 2. The van der Waals surface area contributed by atoms with E-state index in [1.54, 1.807) is 0 Å². The molecule has 1 aliphatic rings. The first kappa shape index (κ1) is 23.4. The summed E-state index contributed by atoms with van der Waals surface area (Å²) in [4.78, 5) is 0. The van der Waals surface area contributed by atoms with Crippen LogP contribution < -0.4 is 34.0 Å². The summed E-state index contributed by atoms with van der Waals surface area (Å²) in [6, 6.07) is 21.9. The van der Waals surface area contributed by atoms with Gasteiger partial charge in [0.25, 0.3) is 0 Å². The molecule has 0 radical (unpaired) electrons. The first-order chi connectivity index (χ1) is 11.6. The van der Waals surface area contributed by atoms with Crippen LogP contribution >= 0.6 is 0 Å². The van der Waals surface area contributed by atoms with E-state index in [9.17, 15) is 0 Å². The van der Waals surface area contributed by atoms with E-state index in [-0.39, 0.29) is 34.0 Å². The fraction of sp³-hybridized carbons (Fsp3) is 0.455. The predicted molar refractivity (Wildman–Crippen MR) is 102 cm³/mol. The first-order valence-electron chi connectivity index (χ1n) is 9.32. The van der Waals surface area contributed by atoms with Gasteiger partial charge in [-0.3, -0.25) is 0 Å². The highest BCUT2D eigenvalue weighted by atomic mass is 79.9. The van der Waals surface area contributed by atoms with Gasteiger partial charge in [-0.25, -0.2) is 0 Å². The number of likely N-dealkylation sites (N-methyl/N-ethyl adjacent to an activating group) is 2. The van der Waals surface area contributed by atoms with Crippen LogP contribution in [0.25, 0.3) is 0 Å². The molecule has 0 amide bonds. The molecule has 2 aromatic carbocycles. The minimum Gasteiger partial charge on any atom is -1.00 e. The van der Waals surface area contributed by atoms with Crippen molar-refractivity contribution in [1.29, 1.82) is 0 Å². The molecule has 0 atom stereocenters. The predicted octanol–water partition coefficient (Wildman–Crippen LogP) is -2.61. The van der Waals surface area contributed by atoms with Gasteiger partial charge >= 0.3 is 0 Å². The molecule has 0 N–H and O–H groups in total. The Labute approximate surface area is 180 Å². The van der Waals surface area contributed by atoms with E-state index in [1.807, 2.05) is 0 Å². The van der Waals surface area contributed by atoms with Gasteiger partial charge in [0.2, 0.25) is 0 Å². The average molecular weight is 484 g/mol. The fourth-order valence-corrected chi connectivity index (χ4v) is 3.72. The van der Waals surface area contributed by atoms with Crippen molar-refractivity contribution in [3.63, 3.8) is 0 Å². The van der Waals surface area contributed by atoms with Crippen molar-refractivity contribution in [2.24, 2.45) is 0 Å². The molecule has 1 aliphatic heterocycles. The second-order valence-corrected chi connectivity index (χ2v) is 8.05. The Morgan fingerprint density at radius 2 is 0.885 bits per heavy atom. The highest BCUT2D eigenvalue weighted by Gasteiger charge is 2.36. The largest absolute Gasteiger partial charge is 1.00 e. The number of nitrogens with zero attached hydrogens (tertiary/aromatic N) is 2. The van der Waals surface area contributed by atoms with Gasteiger partial charge in [-0.1, -0.05) is 60.7 Å². The molecule has 0 aromatic heterocycles. The third-order valence-corrected chi connectivity index (χ3v) is 5.93. The van der Waals surface area contributed by atoms with E-state index in [0.717, 1.165) is 0 Å². The lowest BCUT2D eigenvalue weighted by Crippen LogP contribution is -3.00. The lowest BCUT2D eigenvalue weighted by molar-refractivity contribution is -1.01. The van der Waals surface area contributed by atoms with Crippen molar-refractivity contribution in [2.45, 2.75) is 12.8 Å². The lowest BCUT2D eigenvalue weighted by Gasteiger charge is -2.46. The van der Waals surface area contributed by atoms with Gasteiger partial charge in [-0.05, 0) is 11.1 Å². The number of hydrogen-bond donors (Lipinski definition) is 0. The number of rotatable bonds is 6. The number of hydrogen-bond acceptors (Lipinski definition) is 0. The van der Waals surface area contributed by atoms with Crippen molar-refractivity contribution >= 4 is 0 Å². The van der Waals surface area contributed by atoms with Gasteiger partial charge in [-0.15, -0.1) is 0 Å². The number of halogens is 2. The van der Waals surface area contributed by atoms with Gasteiger partial charge in [0.05, 0.1) is 27.2 Å². The van der Waals surface area contributed by atoms with Crippen LogP contribution in [0.4, 0.5) is 0 Å². The Bertz CT molecular complexity index is 566. The summed E-state index contributed by atoms with van der Waals surface area (Å²) in [6.07, 6.45) is 2.40. The molecular formula is C22H32Br2N2. The zero-order chi connectivity index (χ0) is 16.9. The summed E-state index contributed by atoms with van der Waals surface area (Å²) >= 11 is 0. The molecule has 1 heterocycles. The van der Waals surface area contributed by atoms with E-state index < -0.39 is 0 Å². The van der Waals surface area contributed by atoms with Crippen LogP contribution in [-0.4, -0.2) is 62.3 Å². The lowest BCUT2D eigenvalue weighted by atomic mass is 10.1. The molecule has 2 nitrogen and oxygen atoms in total. The number of piperazine rings is 1. The summed E-state index contributed by atoms with van der Waals surface area (Å²) in [5.74, 6) is 0. The van der Waals surface area contributed by atoms with Crippen LogP contribution in [0.1, 0.15) is 11.1 Å². The van der Waals surface area contributed by atoms with E-state index >= 15 is 0 Å². The minimum absolute atomic E-state index is 0. The van der Waals surface area contributed by atoms with E-state index in [1.165, 1.54) is 72.2 Å². The van der Waals surface area contributed by atoms with Crippen LogP contribution in [0.2, 0.25) is 0 Å². The Balaban J connectivity index is 0.00000169. The van der Waals surface area contributed by atoms with Crippen molar-refractivity contribution in [3.05, 3.63) is 71.8 Å². The normalized spacial score (nSPS) is 25.0. The molecule has 2 aromatic rings. The second kappa shape index (κ2) is 10.6. The van der Waals surface area contributed by atoms with Crippen molar-refractivity contribution < 1.29 is 42.9 Å². The Morgan fingerprint density at radius 3 is 1.19 bits per heavy atom. The molecule has 0 spiro atoms. The third-order valence-electron chi connectivity index (χ3n) is 5.93. The quantitative estimate of drug-likeness (QED) is 0.395. The first-order valence-corrected chi connectivity index (χ1v) is 9.32. The van der Waals surface area contributed by atoms with Crippen LogP contribution in [0.3, 0.4) is 0 Å². The average Bonchev–Trinajstić information content (AvgIpc) is 2.64. The summed E-state index contributed by atoms with van der Waals surface area (Å²) in [7, 11) is 4.90. The maximum atomic E-state index is 2.45. The van der Waals surface area contributed by atoms with Crippen molar-refractivity contribution in [3.8, 4) is 0 Å². The van der Waals surface area contributed by atoms with Crippen LogP contribution in [0.5, 0.6) is 0 Å². The molecule has 1 saturated heterocycles. The fourth-order valence-electron chi connectivity index (χ4n) is 3.72. The van der Waals surface area contributed by atoms with Crippen molar-refractivity contribution in [1.82, 2.24) is 0 Å².